The molecule has 1 heterocycles. The smallest absolute Gasteiger partial charge is 0.368 e. The van der Waals surface area contributed by atoms with Gasteiger partial charge in [-0.15, -0.1) is 0 Å². The van der Waals surface area contributed by atoms with Crippen LogP contribution in [-0.4, -0.2) is 17.5 Å². The van der Waals surface area contributed by atoms with Crippen LogP contribution < -0.4 is 22.1 Å². The predicted octanol–water partition coefficient (Wildman–Crippen LogP) is 4.32. The predicted molar refractivity (Wildman–Crippen MR) is 119 cm³/mol. The first-order valence-electron chi connectivity index (χ1n) is 11.2. The third kappa shape index (κ3) is 6.55. The molecule has 1 spiro atoms. The summed E-state index contributed by atoms with van der Waals surface area (Å²) in [6.45, 7) is 0. The quantitative estimate of drug-likeness (QED) is 0.456. The Balaban J connectivity index is 0.000000214. The standard InChI is InChI=1S/C15H17F3N2O.C9H9F3N2O/c16-15(17,18)11-6-4-10(5-7-11)12-13(21)20-14(19-12)8-2-1-3-9-14;10-9(11,12)6-3-1-5(2-4-6)7(13)8(14)15/h4-7,12,19H,1-3,8-9H2,(H,20,21);1-4,7H,13H2,(H2,14,15). The second-order valence-corrected chi connectivity index (χ2v) is 8.83. The molecule has 1 saturated heterocycles. The summed E-state index contributed by atoms with van der Waals surface area (Å²) in [5.41, 5.74) is 9.22. The van der Waals surface area contributed by atoms with E-state index in [4.69, 9.17) is 11.5 Å². The van der Waals surface area contributed by atoms with Gasteiger partial charge in [0.1, 0.15) is 12.1 Å². The van der Waals surface area contributed by atoms with Gasteiger partial charge >= 0.3 is 12.4 Å². The van der Waals surface area contributed by atoms with Crippen LogP contribution in [0.3, 0.4) is 0 Å². The zero-order valence-electron chi connectivity index (χ0n) is 19.0. The van der Waals surface area contributed by atoms with Crippen molar-refractivity contribution in [2.24, 2.45) is 11.5 Å². The molecule has 1 aliphatic carbocycles. The van der Waals surface area contributed by atoms with Crippen LogP contribution in [0.25, 0.3) is 0 Å². The summed E-state index contributed by atoms with van der Waals surface area (Å²) in [5, 5.41) is 6.28. The third-order valence-corrected chi connectivity index (χ3v) is 6.23. The molecule has 2 aliphatic rings. The molecule has 12 heteroatoms. The van der Waals surface area contributed by atoms with E-state index in [-0.39, 0.29) is 17.1 Å². The number of primary amides is 1. The molecule has 2 aromatic rings. The lowest BCUT2D eigenvalue weighted by Gasteiger charge is -2.33. The van der Waals surface area contributed by atoms with Gasteiger partial charge < -0.3 is 16.8 Å². The van der Waals surface area contributed by atoms with Gasteiger partial charge in [0.15, 0.2) is 0 Å². The van der Waals surface area contributed by atoms with Crippen molar-refractivity contribution in [2.45, 2.75) is 62.2 Å². The van der Waals surface area contributed by atoms with Crippen LogP contribution >= 0.6 is 0 Å². The lowest BCUT2D eigenvalue weighted by molar-refractivity contribution is -0.138. The van der Waals surface area contributed by atoms with Crippen LogP contribution in [0.1, 0.15) is 66.4 Å². The maximum absolute atomic E-state index is 12.6. The third-order valence-electron chi connectivity index (χ3n) is 6.23. The van der Waals surface area contributed by atoms with Crippen molar-refractivity contribution < 1.29 is 35.9 Å². The SMILES string of the molecule is NC(=O)C(N)c1ccc(C(F)(F)F)cc1.O=C1NC2(CCCCC2)NC1c1ccc(C(F)(F)F)cc1. The van der Waals surface area contributed by atoms with Gasteiger partial charge in [0.25, 0.3) is 0 Å². The van der Waals surface area contributed by atoms with E-state index in [9.17, 15) is 35.9 Å². The van der Waals surface area contributed by atoms with Gasteiger partial charge in [-0.2, -0.15) is 26.3 Å². The Bertz CT molecular complexity index is 1060. The number of carbonyl (C=O) groups excluding carboxylic acids is 2. The summed E-state index contributed by atoms with van der Waals surface area (Å²) in [6, 6.07) is 7.15. The maximum atomic E-state index is 12.6. The van der Waals surface area contributed by atoms with E-state index in [2.05, 4.69) is 10.6 Å². The fourth-order valence-electron chi connectivity index (χ4n) is 4.25. The molecule has 2 fully saturated rings. The van der Waals surface area contributed by atoms with E-state index in [1.54, 1.807) is 0 Å². The average Bonchev–Trinajstić information content (AvgIpc) is 3.13. The van der Waals surface area contributed by atoms with E-state index < -0.39 is 41.5 Å². The monoisotopic (exact) mass is 516 g/mol. The molecular formula is C24H26F6N4O2. The Hall–Kier alpha value is -3.12. The lowest BCUT2D eigenvalue weighted by Crippen LogP contribution is -2.51. The Kier molecular flexibility index (Phi) is 7.99. The summed E-state index contributed by atoms with van der Waals surface area (Å²) in [7, 11) is 0. The molecular weight excluding hydrogens is 490 g/mol. The molecule has 196 valence electrons. The molecule has 2 aromatic carbocycles. The topological polar surface area (TPSA) is 110 Å². The molecule has 36 heavy (non-hydrogen) atoms. The van der Waals surface area contributed by atoms with Crippen molar-refractivity contribution in [1.29, 1.82) is 0 Å². The van der Waals surface area contributed by atoms with Crippen molar-refractivity contribution in [3.8, 4) is 0 Å². The normalized spacial score (nSPS) is 20.3. The highest BCUT2D eigenvalue weighted by Crippen LogP contribution is 2.35. The first kappa shape index (κ1) is 27.5. The lowest BCUT2D eigenvalue weighted by atomic mass is 9.89. The van der Waals surface area contributed by atoms with E-state index in [1.807, 2.05) is 0 Å². The number of rotatable bonds is 3. The minimum absolute atomic E-state index is 0.156. The Morgan fingerprint density at radius 2 is 1.33 bits per heavy atom. The highest BCUT2D eigenvalue weighted by atomic mass is 19.4. The molecule has 6 N–H and O–H groups in total. The zero-order chi connectivity index (χ0) is 26.7. The highest BCUT2D eigenvalue weighted by Gasteiger charge is 2.44. The van der Waals surface area contributed by atoms with Crippen molar-refractivity contribution in [3.05, 3.63) is 70.8 Å². The second kappa shape index (κ2) is 10.5. The van der Waals surface area contributed by atoms with Crippen LogP contribution in [0.15, 0.2) is 48.5 Å². The molecule has 0 radical (unpaired) electrons. The van der Waals surface area contributed by atoms with Crippen molar-refractivity contribution in [3.63, 3.8) is 0 Å². The van der Waals surface area contributed by atoms with Gasteiger partial charge in [0.05, 0.1) is 16.8 Å². The summed E-state index contributed by atoms with van der Waals surface area (Å²) >= 11 is 0. The van der Waals surface area contributed by atoms with Gasteiger partial charge in [-0.1, -0.05) is 30.7 Å². The number of hydrogen-bond acceptors (Lipinski definition) is 4. The molecule has 0 aromatic heterocycles. The minimum Gasteiger partial charge on any atom is -0.368 e. The first-order valence-corrected chi connectivity index (χ1v) is 11.2. The van der Waals surface area contributed by atoms with Gasteiger partial charge in [-0.25, -0.2) is 0 Å². The number of halogens is 6. The van der Waals surface area contributed by atoms with Crippen LogP contribution in [0.2, 0.25) is 0 Å². The Labute approximate surface area is 203 Å². The molecule has 1 aliphatic heterocycles. The zero-order valence-corrected chi connectivity index (χ0v) is 19.0. The molecule has 4 rings (SSSR count). The molecule has 6 nitrogen and oxygen atoms in total. The van der Waals surface area contributed by atoms with Gasteiger partial charge in [0.2, 0.25) is 11.8 Å². The second-order valence-electron chi connectivity index (χ2n) is 8.83. The summed E-state index contributed by atoms with van der Waals surface area (Å²) in [5.74, 6) is -0.939. The van der Waals surface area contributed by atoms with E-state index in [1.165, 1.54) is 12.1 Å². The number of nitrogens with one attached hydrogen (secondary N) is 2. The fraction of sp³-hybridized carbons (Fsp3) is 0.417. The minimum atomic E-state index is -4.39. The number of carbonyl (C=O) groups is 2. The largest absolute Gasteiger partial charge is 0.416 e. The number of hydrogen-bond donors (Lipinski definition) is 4. The Morgan fingerprint density at radius 1 is 0.861 bits per heavy atom. The number of alkyl halides is 6. The van der Waals surface area contributed by atoms with E-state index in [0.29, 0.717) is 5.56 Å². The number of benzene rings is 2. The molecule has 2 atom stereocenters. The first-order chi connectivity index (χ1) is 16.7. The molecule has 2 unspecified atom stereocenters. The summed E-state index contributed by atoms with van der Waals surface area (Å²) in [4.78, 5) is 22.8. The molecule has 2 amide bonds. The van der Waals surface area contributed by atoms with Gasteiger partial charge in [0, 0.05) is 0 Å². The fourth-order valence-corrected chi connectivity index (χ4v) is 4.25. The van der Waals surface area contributed by atoms with Crippen molar-refractivity contribution in [1.82, 2.24) is 10.6 Å². The highest BCUT2D eigenvalue weighted by molar-refractivity contribution is 5.86. The number of amides is 2. The Morgan fingerprint density at radius 3 is 1.78 bits per heavy atom. The van der Waals surface area contributed by atoms with Gasteiger partial charge in [-0.05, 0) is 61.1 Å². The average molecular weight is 516 g/mol. The van der Waals surface area contributed by atoms with Crippen molar-refractivity contribution in [2.75, 3.05) is 0 Å². The van der Waals surface area contributed by atoms with E-state index >= 15 is 0 Å². The van der Waals surface area contributed by atoms with Crippen LogP contribution in [0.4, 0.5) is 26.3 Å². The van der Waals surface area contributed by atoms with Crippen LogP contribution in [0, 0.1) is 0 Å². The van der Waals surface area contributed by atoms with Crippen LogP contribution in [0.5, 0.6) is 0 Å². The number of nitrogens with two attached hydrogens (primary N) is 2. The van der Waals surface area contributed by atoms with Crippen molar-refractivity contribution >= 4 is 11.8 Å². The molecule has 1 saturated carbocycles. The summed E-state index contributed by atoms with van der Waals surface area (Å²) in [6.07, 6.45) is -3.75. The van der Waals surface area contributed by atoms with E-state index in [0.717, 1.165) is 68.5 Å². The van der Waals surface area contributed by atoms with Gasteiger partial charge in [-0.3, -0.25) is 14.9 Å². The maximum Gasteiger partial charge on any atom is 0.416 e. The van der Waals surface area contributed by atoms with Crippen LogP contribution in [-0.2, 0) is 21.9 Å². The molecule has 0 bridgehead atoms. The summed E-state index contributed by atoms with van der Waals surface area (Å²) < 4.78 is 74.2.